The Morgan fingerprint density at radius 2 is 1.93 bits per heavy atom. The van der Waals surface area contributed by atoms with E-state index in [0.29, 0.717) is 10.9 Å². The molecule has 22 heteroatoms. The zero-order chi connectivity index (χ0) is 32.9. The molecule has 0 radical (unpaired) electrons. The molecule has 3 rings (SSSR count). The number of hydrogen-bond donors (Lipinski definition) is 8. The Hall–Kier alpha value is -4.96. The number of nitrogens with one attached hydrogen (secondary N) is 3. The van der Waals surface area contributed by atoms with Crippen LogP contribution in [0.15, 0.2) is 27.6 Å². The van der Waals surface area contributed by atoms with Crippen LogP contribution in [0.2, 0.25) is 0 Å². The molecule has 0 aliphatic carbocycles. The molecule has 0 aromatic carbocycles. The number of carbonyl (C=O) groups is 4. The maximum absolute atomic E-state index is 13.2. The third kappa shape index (κ3) is 8.11. The molecule has 1 aliphatic rings. The predicted molar refractivity (Wildman–Crippen MR) is 149 cm³/mol. The summed E-state index contributed by atoms with van der Waals surface area (Å²) in [5, 5.41) is 40.1. The molecule has 3 unspecified atom stereocenters. The molecule has 0 spiro atoms. The van der Waals surface area contributed by atoms with E-state index in [2.05, 4.69) is 26.1 Å². The second kappa shape index (κ2) is 13.6. The van der Waals surface area contributed by atoms with Gasteiger partial charge in [-0.3, -0.25) is 18.9 Å². The van der Waals surface area contributed by atoms with Gasteiger partial charge in [-0.15, -0.1) is 11.3 Å². The van der Waals surface area contributed by atoms with Gasteiger partial charge >= 0.3 is 22.3 Å². The fourth-order valence-electron chi connectivity index (χ4n) is 3.82. The van der Waals surface area contributed by atoms with Gasteiger partial charge in [-0.25, -0.2) is 18.9 Å². The van der Waals surface area contributed by atoms with E-state index in [-0.39, 0.29) is 33.2 Å². The first-order chi connectivity index (χ1) is 20.5. The number of rotatable bonds is 13. The number of amides is 4. The van der Waals surface area contributed by atoms with Crippen LogP contribution in [-0.2, 0) is 36.1 Å². The molecule has 1 saturated heterocycles. The zero-order valence-corrected chi connectivity index (χ0v) is 24.5. The maximum Gasteiger partial charge on any atom is 0.362 e. The molecule has 2 aromatic heterocycles. The number of carboxylic acids is 1. The average molecular weight is 661 g/mol. The number of carbonyl (C=O) groups excluding carboxylic acids is 3. The predicted octanol–water partition coefficient (Wildman–Crippen LogP) is -1.95. The quantitative estimate of drug-likeness (QED) is 0.0381. The van der Waals surface area contributed by atoms with Gasteiger partial charge in [-0.1, -0.05) is 19.0 Å². The van der Waals surface area contributed by atoms with Crippen molar-refractivity contribution in [2.75, 3.05) is 12.3 Å². The number of pyridine rings is 1. The van der Waals surface area contributed by atoms with Crippen molar-refractivity contribution in [3.8, 4) is 5.75 Å². The van der Waals surface area contributed by atoms with Crippen LogP contribution in [0.5, 0.6) is 5.75 Å². The lowest BCUT2D eigenvalue weighted by Gasteiger charge is -2.44. The molecular weight excluding hydrogens is 632 g/mol. The Kier molecular flexibility index (Phi) is 10.3. The van der Waals surface area contributed by atoms with Gasteiger partial charge in [0.05, 0.1) is 24.5 Å². The molecule has 0 bridgehead atoms. The highest BCUT2D eigenvalue weighted by atomic mass is 32.2. The van der Waals surface area contributed by atoms with Gasteiger partial charge in [0.25, 0.3) is 11.8 Å². The van der Waals surface area contributed by atoms with E-state index >= 15 is 0 Å². The van der Waals surface area contributed by atoms with Crippen molar-refractivity contribution in [2.45, 2.75) is 45.0 Å². The Morgan fingerprint density at radius 3 is 2.50 bits per heavy atom. The van der Waals surface area contributed by atoms with Gasteiger partial charge in [-0.2, -0.15) is 13.1 Å². The molecule has 2 aromatic rings. The van der Waals surface area contributed by atoms with Gasteiger partial charge in [-0.05, 0) is 5.92 Å². The molecule has 4 amide bonds. The monoisotopic (exact) mass is 660 g/mol. The number of β-lactam (4-membered cyclic amide) rings is 1. The summed E-state index contributed by atoms with van der Waals surface area (Å²) in [4.78, 5) is 70.3. The van der Waals surface area contributed by atoms with Crippen LogP contribution in [0.3, 0.4) is 0 Å². The molecule has 0 saturated carbocycles. The number of nitrogen functional groups attached to an aromatic ring is 1. The molecule has 240 valence electrons. The van der Waals surface area contributed by atoms with Crippen molar-refractivity contribution in [1.82, 2.24) is 30.0 Å². The third-order valence-electron chi connectivity index (χ3n) is 5.91. The highest BCUT2D eigenvalue weighted by Crippen LogP contribution is 2.24. The van der Waals surface area contributed by atoms with Crippen molar-refractivity contribution in [2.24, 2.45) is 11.1 Å². The summed E-state index contributed by atoms with van der Waals surface area (Å²) >= 11 is 0.907. The molecule has 1 fully saturated rings. The zero-order valence-electron chi connectivity index (χ0n) is 22.9. The van der Waals surface area contributed by atoms with Gasteiger partial charge < -0.3 is 41.9 Å². The summed E-state index contributed by atoms with van der Waals surface area (Å²) in [5.74, 6) is -4.67. The minimum Gasteiger partial charge on any atom is -0.503 e. The van der Waals surface area contributed by atoms with Crippen LogP contribution in [0.4, 0.5) is 9.93 Å². The van der Waals surface area contributed by atoms with E-state index in [4.69, 9.17) is 10.6 Å². The second-order valence-corrected chi connectivity index (χ2v) is 11.8. The molecule has 9 N–H and O–H groups in total. The first-order valence-corrected chi connectivity index (χ1v) is 14.7. The smallest absolute Gasteiger partial charge is 0.362 e. The lowest BCUT2D eigenvalue weighted by atomic mass is 9.98. The number of hydrogen-bond acceptors (Lipinski definition) is 14. The summed E-state index contributed by atoms with van der Waals surface area (Å²) in [6.07, 6.45) is -0.730. The Labute approximate surface area is 252 Å². The average Bonchev–Trinajstić information content (AvgIpc) is 3.34. The van der Waals surface area contributed by atoms with Gasteiger partial charge in [0.15, 0.2) is 16.6 Å². The van der Waals surface area contributed by atoms with E-state index in [0.717, 1.165) is 17.4 Å². The van der Waals surface area contributed by atoms with Gasteiger partial charge in [0, 0.05) is 24.4 Å². The number of carboxylic acid groups (broad SMARTS) is 1. The van der Waals surface area contributed by atoms with Crippen LogP contribution in [0, 0.1) is 5.92 Å². The Morgan fingerprint density at radius 1 is 1.25 bits per heavy atom. The summed E-state index contributed by atoms with van der Waals surface area (Å²) in [5.41, 5.74) is 3.91. The molecule has 3 heterocycles. The van der Waals surface area contributed by atoms with E-state index in [1.54, 1.807) is 13.8 Å². The second-order valence-electron chi connectivity index (χ2n) is 9.63. The first kappa shape index (κ1) is 33.5. The molecule has 20 nitrogen and oxygen atoms in total. The topological polar surface area (TPSA) is 305 Å². The SMILES string of the molecule is CC(C)CC(ON=C(C(=O)NC1C(=O)N(S(=O)(=O)O)C1CNC(=O)NCc1cc(=O)c(O)cn1O)c1csc(N)n1)C(=O)O. The minimum absolute atomic E-state index is 0.00771. The minimum atomic E-state index is -5.14. The number of anilines is 1. The van der Waals surface area contributed by atoms with Crippen LogP contribution in [0.25, 0.3) is 0 Å². The molecule has 1 aliphatic heterocycles. The summed E-state index contributed by atoms with van der Waals surface area (Å²) in [6, 6.07) is -3.33. The van der Waals surface area contributed by atoms with E-state index < -0.39 is 82.3 Å². The number of oxime groups is 1. The third-order valence-corrected chi connectivity index (χ3v) is 7.53. The maximum atomic E-state index is 13.2. The highest BCUT2D eigenvalue weighted by Gasteiger charge is 2.54. The van der Waals surface area contributed by atoms with Crippen molar-refractivity contribution < 1.29 is 52.4 Å². The van der Waals surface area contributed by atoms with Crippen molar-refractivity contribution in [1.29, 1.82) is 0 Å². The van der Waals surface area contributed by atoms with Crippen molar-refractivity contribution in [3.63, 3.8) is 0 Å². The fourth-order valence-corrected chi connectivity index (χ4v) is 5.25. The largest absolute Gasteiger partial charge is 0.503 e. The van der Waals surface area contributed by atoms with E-state index in [9.17, 15) is 52.4 Å². The summed E-state index contributed by atoms with van der Waals surface area (Å²) in [7, 11) is -5.14. The number of urea groups is 1. The Bertz CT molecular complexity index is 1640. The molecular formula is C22H28N8O12S2. The van der Waals surface area contributed by atoms with Crippen LogP contribution in [0.1, 0.15) is 31.7 Å². The normalized spacial score (nSPS) is 17.5. The van der Waals surface area contributed by atoms with Crippen LogP contribution < -0.4 is 27.1 Å². The molecule has 3 atom stereocenters. The number of aromatic hydroxyl groups is 1. The van der Waals surface area contributed by atoms with Crippen LogP contribution in [-0.4, -0.2) is 96.7 Å². The van der Waals surface area contributed by atoms with Gasteiger partial charge in [0.1, 0.15) is 11.7 Å². The summed E-state index contributed by atoms with van der Waals surface area (Å²) < 4.78 is 33.6. The fraction of sp³-hybridized carbons (Fsp3) is 0.409. The number of aromatic nitrogens is 2. The number of nitrogens with zero attached hydrogens (tertiary/aromatic N) is 4. The first-order valence-electron chi connectivity index (χ1n) is 12.4. The number of thiazole rings is 1. The molecule has 44 heavy (non-hydrogen) atoms. The van der Waals surface area contributed by atoms with Crippen molar-refractivity contribution in [3.05, 3.63) is 39.3 Å². The van der Waals surface area contributed by atoms with E-state index in [1.807, 2.05) is 0 Å². The Balaban J connectivity index is 1.76. The van der Waals surface area contributed by atoms with Crippen LogP contribution >= 0.6 is 11.3 Å². The highest BCUT2D eigenvalue weighted by molar-refractivity contribution is 7.84. The van der Waals surface area contributed by atoms with Crippen molar-refractivity contribution >= 4 is 56.3 Å². The lowest BCUT2D eigenvalue weighted by molar-refractivity contribution is -0.151. The van der Waals surface area contributed by atoms with E-state index in [1.165, 1.54) is 5.38 Å². The standard InChI is InChI=1S/C22H28N8O12S2/c1-9(2)3-15(20(35)36)42-28-16(11-8-43-21(23)26-11)18(33)27-17-12(30(19(17)34)44(39,40)41)6-25-22(37)24-5-10-4-13(31)14(32)7-29(10)38/h4,7-9,12,15,17,32,38H,3,5-6H2,1-2H3,(H2,23,26)(H,27,33)(H,35,36)(H2,24,25,37)(H,39,40,41). The summed E-state index contributed by atoms with van der Waals surface area (Å²) in [6.45, 7) is 2.38. The van der Waals surface area contributed by atoms with Gasteiger partial charge in [0.2, 0.25) is 11.5 Å². The lowest BCUT2D eigenvalue weighted by Crippen LogP contribution is -2.74. The number of aliphatic carboxylic acids is 1. The number of nitrogens with two attached hydrogens (primary N) is 1.